The van der Waals surface area contributed by atoms with E-state index in [0.29, 0.717) is 17.0 Å². The number of pyridine rings is 3. The predicted octanol–water partition coefficient (Wildman–Crippen LogP) is 8.51. The van der Waals surface area contributed by atoms with E-state index in [1.807, 2.05) is 140 Å². The number of aromatic nitrogens is 3. The fourth-order valence-electron chi connectivity index (χ4n) is 7.10. The number of fused-ring (bicyclic) bond motifs is 2. The van der Waals surface area contributed by atoms with Crippen LogP contribution in [0.25, 0.3) is 0 Å². The van der Waals surface area contributed by atoms with E-state index in [1.54, 1.807) is 43.4 Å². The van der Waals surface area contributed by atoms with Gasteiger partial charge < -0.3 is 0 Å². The Hall–Kier alpha value is -5.82. The molecule has 2 atom stereocenters. The highest BCUT2D eigenvalue weighted by Gasteiger charge is 2.52. The van der Waals surface area contributed by atoms with E-state index in [4.69, 9.17) is 0 Å². The summed E-state index contributed by atoms with van der Waals surface area (Å²) in [6, 6.07) is 34.4. The minimum atomic E-state index is -3.66. The predicted molar refractivity (Wildman–Crippen MR) is 201 cm³/mol. The minimum absolute atomic E-state index is 0.196. The van der Waals surface area contributed by atoms with Crippen molar-refractivity contribution in [2.45, 2.75) is 12.5 Å². The number of anilines is 7. The summed E-state index contributed by atoms with van der Waals surface area (Å²) in [5.41, 5.74) is 5.59. The van der Waals surface area contributed by atoms with Gasteiger partial charge in [0.2, 0.25) is 0 Å². The summed E-state index contributed by atoms with van der Waals surface area (Å²) in [6.45, 7) is 0. The first-order valence-corrected chi connectivity index (χ1v) is 19.4. The number of para-hydroxylation sites is 4. The van der Waals surface area contributed by atoms with E-state index in [9.17, 15) is 0 Å². The van der Waals surface area contributed by atoms with Crippen LogP contribution in [0.2, 0.25) is 0 Å². The van der Waals surface area contributed by atoms with Crippen LogP contribution in [0.3, 0.4) is 0 Å². The van der Waals surface area contributed by atoms with Crippen molar-refractivity contribution in [1.82, 2.24) is 15.0 Å². The van der Waals surface area contributed by atoms with Crippen molar-refractivity contribution in [2.24, 2.45) is 4.99 Å². The van der Waals surface area contributed by atoms with Crippen LogP contribution < -0.4 is 29.3 Å². The van der Waals surface area contributed by atoms with Crippen molar-refractivity contribution in [1.29, 1.82) is 0 Å². The van der Waals surface area contributed by atoms with Crippen molar-refractivity contribution in [3.63, 3.8) is 0 Å². The van der Waals surface area contributed by atoms with Crippen molar-refractivity contribution < 1.29 is 9.13 Å². The molecule has 0 spiro atoms. The van der Waals surface area contributed by atoms with E-state index in [0.717, 1.165) is 39.8 Å². The third-order valence-corrected chi connectivity index (χ3v) is 15.2. The van der Waals surface area contributed by atoms with E-state index in [-0.39, 0.29) is 6.04 Å². The van der Waals surface area contributed by atoms with Gasteiger partial charge in [0, 0.05) is 56.0 Å². The van der Waals surface area contributed by atoms with Gasteiger partial charge in [-0.2, -0.15) is 0 Å². The average molecular weight is 693 g/mol. The summed E-state index contributed by atoms with van der Waals surface area (Å²) in [7, 11) is -7.26. The lowest BCUT2D eigenvalue weighted by molar-refractivity contribution is 0.576. The number of nitrogens with zero attached hydrogens (tertiary/aromatic N) is 8. The minimum Gasteiger partial charge on any atom is -0.294 e. The van der Waals surface area contributed by atoms with Crippen molar-refractivity contribution >= 4 is 71.5 Å². The van der Waals surface area contributed by atoms with E-state index < -0.39 is 14.9 Å². The molecule has 9 rings (SSSR count). The summed E-state index contributed by atoms with van der Waals surface area (Å²) >= 11 is 0. The largest absolute Gasteiger partial charge is 0.301 e. The van der Waals surface area contributed by atoms with Crippen LogP contribution in [0.1, 0.15) is 6.42 Å². The molecule has 3 aliphatic rings. The van der Waals surface area contributed by atoms with Gasteiger partial charge in [-0.05, 0) is 91.0 Å². The van der Waals surface area contributed by atoms with Crippen LogP contribution in [0, 0.1) is 0 Å². The van der Waals surface area contributed by atoms with Crippen LogP contribution in [0.5, 0.6) is 0 Å². The molecule has 0 N–H and O–H groups in total. The van der Waals surface area contributed by atoms with Crippen LogP contribution in [-0.4, -0.2) is 27.2 Å². The molecular formula is C38H30N8O2P2. The third-order valence-electron chi connectivity index (χ3n) is 9.21. The highest BCUT2D eigenvalue weighted by Crippen LogP contribution is 2.71. The lowest BCUT2D eigenvalue weighted by Crippen LogP contribution is -2.37. The smallest absolute Gasteiger partial charge is 0.294 e. The van der Waals surface area contributed by atoms with Gasteiger partial charge >= 0.3 is 7.44 Å². The number of aliphatic imine (C=N–C) groups is 1. The average Bonchev–Trinajstić information content (AvgIpc) is 3.62. The molecule has 2 unspecified atom stereocenters. The molecule has 0 amide bonds. The Morgan fingerprint density at radius 3 is 1.34 bits per heavy atom. The molecule has 6 heterocycles. The van der Waals surface area contributed by atoms with E-state index in [2.05, 4.69) is 19.9 Å². The number of hydrogen-bond acceptors (Lipinski definition) is 6. The number of rotatable bonds is 6. The van der Waals surface area contributed by atoms with Crippen molar-refractivity contribution in [3.8, 4) is 0 Å². The Bertz CT molecular complexity index is 2290. The second kappa shape index (κ2) is 11.9. The molecule has 3 aromatic heterocycles. The molecule has 3 aliphatic heterocycles. The Labute approximate surface area is 289 Å². The van der Waals surface area contributed by atoms with Crippen LogP contribution in [-0.2, 0) is 9.13 Å². The molecule has 0 radical (unpaired) electrons. The zero-order chi connectivity index (χ0) is 33.7. The topological polar surface area (TPSA) is 98.1 Å². The van der Waals surface area contributed by atoms with Gasteiger partial charge in [-0.15, -0.1) is 0 Å². The summed E-state index contributed by atoms with van der Waals surface area (Å²) in [4.78, 5) is 17.0. The SMILES string of the molecule is O=P1(c2ccc(P3(=O)N(c4ccncc4)c4ccccc4N3C3C=CN=CC3)cc2)N(c2ccncc2)c2ccccc2N1c1ccncc1. The van der Waals surface area contributed by atoms with Crippen LogP contribution >= 0.6 is 14.9 Å². The first-order chi connectivity index (χ1) is 24.6. The molecule has 12 heteroatoms. The standard InChI is InChI=1S/C38H30N8O2P2/c47-49(43(29-13-21-39-22-14-29)35-5-1-2-6-36(35)44(49)30-15-23-40-24-16-30)33-9-11-34(12-10-33)50(48)45(31-17-25-41-26-18-31)37-7-3-4-8-38(37)46(50)32-19-27-42-28-20-32/h1-19,21-28,32H,20H2. The zero-order valence-electron chi connectivity index (χ0n) is 26.7. The van der Waals surface area contributed by atoms with Crippen molar-refractivity contribution in [2.75, 3.05) is 18.7 Å². The Morgan fingerprint density at radius 1 is 0.500 bits per heavy atom. The molecule has 244 valence electrons. The monoisotopic (exact) mass is 692 g/mol. The maximum atomic E-state index is 16.1. The molecule has 0 fully saturated rings. The Morgan fingerprint density at radius 2 is 0.900 bits per heavy atom. The maximum absolute atomic E-state index is 16.1. The van der Waals surface area contributed by atoms with Crippen LogP contribution in [0.15, 0.2) is 164 Å². The van der Waals surface area contributed by atoms with Crippen LogP contribution in [0.4, 0.5) is 39.8 Å². The summed E-state index contributed by atoms with van der Waals surface area (Å²) in [5, 5.41) is 1.19. The molecule has 50 heavy (non-hydrogen) atoms. The first-order valence-electron chi connectivity index (χ1n) is 16.2. The lowest BCUT2D eigenvalue weighted by Gasteiger charge is -2.37. The normalized spacial score (nSPS) is 20.2. The number of benzene rings is 3. The highest BCUT2D eigenvalue weighted by molar-refractivity contribution is 7.76. The Balaban J connectivity index is 1.24. The molecule has 10 nitrogen and oxygen atoms in total. The molecule has 3 aromatic carbocycles. The van der Waals surface area contributed by atoms with E-state index >= 15 is 9.13 Å². The van der Waals surface area contributed by atoms with Gasteiger partial charge in [0.05, 0.1) is 56.5 Å². The van der Waals surface area contributed by atoms with Gasteiger partial charge in [-0.25, -0.2) is 0 Å². The molecule has 0 saturated heterocycles. The summed E-state index contributed by atoms with van der Waals surface area (Å²) in [6.07, 6.45) is 16.5. The second-order valence-corrected chi connectivity index (χ2v) is 16.8. The van der Waals surface area contributed by atoms with Gasteiger partial charge in [-0.1, -0.05) is 24.3 Å². The fraction of sp³-hybridized carbons (Fsp3) is 0.0526. The fourth-order valence-corrected chi connectivity index (χ4v) is 13.2. The van der Waals surface area contributed by atoms with Gasteiger partial charge in [0.1, 0.15) is 0 Å². The molecule has 0 aliphatic carbocycles. The first kappa shape index (κ1) is 30.3. The zero-order valence-corrected chi connectivity index (χ0v) is 28.5. The maximum Gasteiger partial charge on any atom is 0.301 e. The van der Waals surface area contributed by atoms with E-state index in [1.165, 1.54) is 0 Å². The molecule has 0 bridgehead atoms. The summed E-state index contributed by atoms with van der Waals surface area (Å²) < 4.78 is 40.1. The van der Waals surface area contributed by atoms with Gasteiger partial charge in [0.15, 0.2) is 0 Å². The third kappa shape index (κ3) is 4.49. The van der Waals surface area contributed by atoms with Gasteiger partial charge in [0.25, 0.3) is 7.44 Å². The summed E-state index contributed by atoms with van der Waals surface area (Å²) in [5.74, 6) is 0. The number of hydrogen-bond donors (Lipinski definition) is 0. The lowest BCUT2D eigenvalue weighted by atomic mass is 10.1. The Kier molecular flexibility index (Phi) is 7.23. The molecular weight excluding hydrogens is 662 g/mol. The quantitative estimate of drug-likeness (QED) is 0.159. The van der Waals surface area contributed by atoms with Gasteiger partial charge in [-0.3, -0.25) is 47.8 Å². The highest BCUT2D eigenvalue weighted by atomic mass is 31.2. The molecule has 6 aromatic rings. The van der Waals surface area contributed by atoms with Crippen molar-refractivity contribution in [3.05, 3.63) is 159 Å². The molecule has 0 saturated carbocycles. The second-order valence-electron chi connectivity index (χ2n) is 12.0.